The molecule has 0 bridgehead atoms. The molecule has 1 aromatic carbocycles. The second-order valence-corrected chi connectivity index (χ2v) is 5.43. The maximum absolute atomic E-state index is 12.6. The number of anilines is 1. The molecule has 0 saturated carbocycles. The van der Waals surface area contributed by atoms with Gasteiger partial charge in [-0.3, -0.25) is 4.79 Å². The molecule has 0 unspecified atom stereocenters. The molecule has 2 rings (SSSR count). The highest BCUT2D eigenvalue weighted by atomic mass is 35.5. The van der Waals surface area contributed by atoms with E-state index >= 15 is 0 Å². The number of rotatable bonds is 1. The number of ether oxygens (including phenoxy) is 1. The molecule has 5 heteroatoms. The number of hydrogen-bond acceptors (Lipinski definition) is 3. The van der Waals surface area contributed by atoms with E-state index in [0.717, 1.165) is 0 Å². The Morgan fingerprint density at radius 3 is 2.83 bits per heavy atom. The number of nitrogen functional groups attached to an aromatic ring is 1. The van der Waals surface area contributed by atoms with E-state index < -0.39 is 0 Å². The highest BCUT2D eigenvalue weighted by Gasteiger charge is 2.35. The summed E-state index contributed by atoms with van der Waals surface area (Å²) in [6, 6.07) is 5.10. The van der Waals surface area contributed by atoms with Gasteiger partial charge in [0.15, 0.2) is 0 Å². The van der Waals surface area contributed by atoms with Crippen LogP contribution < -0.4 is 5.73 Å². The van der Waals surface area contributed by atoms with Crippen molar-refractivity contribution in [3.05, 3.63) is 28.8 Å². The van der Waals surface area contributed by atoms with E-state index in [1.165, 1.54) is 0 Å². The average Bonchev–Trinajstić information content (AvgIpc) is 2.27. The van der Waals surface area contributed by atoms with Crippen molar-refractivity contribution >= 4 is 23.2 Å². The van der Waals surface area contributed by atoms with Crippen LogP contribution in [-0.4, -0.2) is 36.1 Å². The summed E-state index contributed by atoms with van der Waals surface area (Å²) in [6.45, 7) is 5.55. The third kappa shape index (κ3) is 2.31. The molecular formula is C13H17ClN2O2. The fourth-order valence-corrected chi connectivity index (χ4v) is 2.40. The summed E-state index contributed by atoms with van der Waals surface area (Å²) in [7, 11) is 0. The van der Waals surface area contributed by atoms with Crippen molar-refractivity contribution in [2.75, 3.05) is 25.5 Å². The van der Waals surface area contributed by atoms with Gasteiger partial charge < -0.3 is 15.4 Å². The lowest BCUT2D eigenvalue weighted by Gasteiger charge is -2.42. The van der Waals surface area contributed by atoms with Gasteiger partial charge in [-0.05, 0) is 26.0 Å². The van der Waals surface area contributed by atoms with E-state index in [2.05, 4.69) is 0 Å². The Bertz CT molecular complexity index is 454. The molecule has 1 fully saturated rings. The number of amides is 1. The lowest BCUT2D eigenvalue weighted by atomic mass is 10.0. The molecule has 0 atom stereocenters. The summed E-state index contributed by atoms with van der Waals surface area (Å²) in [5.41, 5.74) is 6.30. The number of hydrogen-bond donors (Lipinski definition) is 1. The van der Waals surface area contributed by atoms with Crippen LogP contribution in [0.3, 0.4) is 0 Å². The molecule has 1 heterocycles. The van der Waals surface area contributed by atoms with Crippen molar-refractivity contribution in [1.82, 2.24) is 4.90 Å². The van der Waals surface area contributed by atoms with Gasteiger partial charge in [0.05, 0.1) is 29.3 Å². The quantitative estimate of drug-likeness (QED) is 0.794. The molecule has 2 N–H and O–H groups in total. The smallest absolute Gasteiger partial charge is 0.258 e. The second kappa shape index (κ2) is 4.78. The molecule has 1 aliphatic heterocycles. The standard InChI is InChI=1S/C13H17ClN2O2/c1-13(2)8-18-7-6-16(13)12(17)11-9(14)4-3-5-10(11)15/h3-5H,6-8,15H2,1-2H3. The van der Waals surface area contributed by atoms with E-state index in [4.69, 9.17) is 22.1 Å². The Morgan fingerprint density at radius 2 is 2.22 bits per heavy atom. The van der Waals surface area contributed by atoms with Gasteiger partial charge >= 0.3 is 0 Å². The van der Waals surface area contributed by atoms with Crippen LogP contribution in [0, 0.1) is 0 Å². The Balaban J connectivity index is 2.36. The molecule has 0 radical (unpaired) electrons. The number of carbonyl (C=O) groups is 1. The molecular weight excluding hydrogens is 252 g/mol. The molecule has 1 amide bonds. The van der Waals surface area contributed by atoms with Crippen molar-refractivity contribution in [2.24, 2.45) is 0 Å². The predicted octanol–water partition coefficient (Wildman–Crippen LogP) is 2.17. The SMILES string of the molecule is CC1(C)COCCN1C(=O)c1c(N)cccc1Cl. The molecule has 1 aliphatic rings. The number of nitrogens with zero attached hydrogens (tertiary/aromatic N) is 1. The molecule has 98 valence electrons. The number of halogens is 1. The Morgan fingerprint density at radius 1 is 1.50 bits per heavy atom. The highest BCUT2D eigenvalue weighted by Crippen LogP contribution is 2.28. The van der Waals surface area contributed by atoms with Crippen LogP contribution in [0.5, 0.6) is 0 Å². The van der Waals surface area contributed by atoms with Gasteiger partial charge in [-0.15, -0.1) is 0 Å². The largest absolute Gasteiger partial charge is 0.398 e. The van der Waals surface area contributed by atoms with Crippen molar-refractivity contribution in [1.29, 1.82) is 0 Å². The molecule has 1 aromatic rings. The molecule has 0 aromatic heterocycles. The van der Waals surface area contributed by atoms with E-state index in [1.807, 2.05) is 13.8 Å². The van der Waals surface area contributed by atoms with E-state index in [0.29, 0.717) is 36.0 Å². The zero-order valence-corrected chi connectivity index (χ0v) is 11.3. The number of carbonyl (C=O) groups excluding carboxylic acids is 1. The highest BCUT2D eigenvalue weighted by molar-refractivity contribution is 6.34. The van der Waals surface area contributed by atoms with Gasteiger partial charge in [0.1, 0.15) is 0 Å². The van der Waals surface area contributed by atoms with Gasteiger partial charge in [0, 0.05) is 12.2 Å². The number of morpholine rings is 1. The Hall–Kier alpha value is -1.26. The third-order valence-corrected chi connectivity index (χ3v) is 3.47. The lowest BCUT2D eigenvalue weighted by Crippen LogP contribution is -2.55. The summed E-state index contributed by atoms with van der Waals surface area (Å²) >= 11 is 6.08. The van der Waals surface area contributed by atoms with Gasteiger partial charge in [-0.25, -0.2) is 0 Å². The maximum Gasteiger partial charge on any atom is 0.258 e. The number of benzene rings is 1. The minimum absolute atomic E-state index is 0.133. The minimum Gasteiger partial charge on any atom is -0.398 e. The maximum atomic E-state index is 12.6. The average molecular weight is 269 g/mol. The molecule has 18 heavy (non-hydrogen) atoms. The van der Waals surface area contributed by atoms with Crippen LogP contribution in [0.15, 0.2) is 18.2 Å². The van der Waals surface area contributed by atoms with Crippen LogP contribution in [0.2, 0.25) is 5.02 Å². The summed E-state index contributed by atoms with van der Waals surface area (Å²) in [6.07, 6.45) is 0. The monoisotopic (exact) mass is 268 g/mol. The minimum atomic E-state index is -0.346. The predicted molar refractivity (Wildman–Crippen MR) is 71.8 cm³/mol. The first-order valence-electron chi connectivity index (χ1n) is 5.87. The van der Waals surface area contributed by atoms with Crippen LogP contribution in [-0.2, 0) is 4.74 Å². The van der Waals surface area contributed by atoms with Gasteiger partial charge in [-0.1, -0.05) is 17.7 Å². The fraction of sp³-hybridized carbons (Fsp3) is 0.462. The summed E-state index contributed by atoms with van der Waals surface area (Å²) in [4.78, 5) is 14.3. The van der Waals surface area contributed by atoms with Crippen molar-refractivity contribution in [2.45, 2.75) is 19.4 Å². The van der Waals surface area contributed by atoms with Crippen LogP contribution in [0.25, 0.3) is 0 Å². The van der Waals surface area contributed by atoms with Crippen LogP contribution in [0.4, 0.5) is 5.69 Å². The van der Waals surface area contributed by atoms with Crippen molar-refractivity contribution in [3.63, 3.8) is 0 Å². The summed E-state index contributed by atoms with van der Waals surface area (Å²) in [5.74, 6) is -0.133. The zero-order chi connectivity index (χ0) is 13.3. The summed E-state index contributed by atoms with van der Waals surface area (Å²) in [5, 5.41) is 0.391. The molecule has 0 spiro atoms. The fourth-order valence-electron chi connectivity index (χ4n) is 2.14. The Kier molecular flexibility index (Phi) is 3.50. The van der Waals surface area contributed by atoms with Crippen molar-refractivity contribution < 1.29 is 9.53 Å². The van der Waals surface area contributed by atoms with Crippen LogP contribution >= 0.6 is 11.6 Å². The van der Waals surface area contributed by atoms with Crippen molar-refractivity contribution in [3.8, 4) is 0 Å². The van der Waals surface area contributed by atoms with E-state index in [-0.39, 0.29) is 11.4 Å². The third-order valence-electron chi connectivity index (χ3n) is 3.15. The first kappa shape index (κ1) is 13.2. The second-order valence-electron chi connectivity index (χ2n) is 5.03. The summed E-state index contributed by atoms with van der Waals surface area (Å²) < 4.78 is 5.40. The van der Waals surface area contributed by atoms with E-state index in [1.54, 1.807) is 23.1 Å². The Labute approximate surface area is 112 Å². The van der Waals surface area contributed by atoms with Crippen LogP contribution in [0.1, 0.15) is 24.2 Å². The molecule has 1 saturated heterocycles. The lowest BCUT2D eigenvalue weighted by molar-refractivity contribution is -0.0370. The zero-order valence-electron chi connectivity index (χ0n) is 10.6. The molecule has 0 aliphatic carbocycles. The van der Waals surface area contributed by atoms with Gasteiger partial charge in [0.25, 0.3) is 5.91 Å². The molecule has 4 nitrogen and oxygen atoms in total. The number of nitrogens with two attached hydrogens (primary N) is 1. The first-order valence-corrected chi connectivity index (χ1v) is 6.25. The van der Waals surface area contributed by atoms with E-state index in [9.17, 15) is 4.79 Å². The first-order chi connectivity index (χ1) is 8.43. The van der Waals surface area contributed by atoms with Gasteiger partial charge in [-0.2, -0.15) is 0 Å². The van der Waals surface area contributed by atoms with Gasteiger partial charge in [0.2, 0.25) is 0 Å². The normalized spacial score (nSPS) is 18.7. The topological polar surface area (TPSA) is 55.6 Å².